The smallest absolute Gasteiger partial charge is 0.240 e. The number of hydrogen-bond acceptors (Lipinski definition) is 3. The molecule has 2 unspecified atom stereocenters. The summed E-state index contributed by atoms with van der Waals surface area (Å²) in [6.45, 7) is 4.44. The van der Waals surface area contributed by atoms with E-state index in [1.807, 2.05) is 0 Å². The summed E-state index contributed by atoms with van der Waals surface area (Å²) < 4.78 is 41.0. The van der Waals surface area contributed by atoms with E-state index in [2.05, 4.69) is 17.0 Å². The van der Waals surface area contributed by atoms with Crippen molar-refractivity contribution in [2.24, 2.45) is 11.8 Å². The van der Waals surface area contributed by atoms with Gasteiger partial charge in [0.05, 0.1) is 4.90 Å². The van der Waals surface area contributed by atoms with Crippen LogP contribution < -0.4 is 10.0 Å². The third kappa shape index (κ3) is 3.37. The number of hydrogen-bond donors (Lipinski definition) is 2. The van der Waals surface area contributed by atoms with Crippen LogP contribution in [0.15, 0.2) is 17.0 Å². The van der Waals surface area contributed by atoms with Crippen molar-refractivity contribution in [3.8, 4) is 0 Å². The van der Waals surface area contributed by atoms with Gasteiger partial charge in [-0.2, -0.15) is 0 Å². The van der Waals surface area contributed by atoms with Crippen molar-refractivity contribution in [3.05, 3.63) is 29.1 Å². The predicted octanol–water partition coefficient (Wildman–Crippen LogP) is 1.79. The first-order valence-electron chi connectivity index (χ1n) is 6.78. The Balaban J connectivity index is 2.21. The molecule has 0 aromatic heterocycles. The van der Waals surface area contributed by atoms with Gasteiger partial charge >= 0.3 is 0 Å². The van der Waals surface area contributed by atoms with Gasteiger partial charge in [-0.15, -0.1) is 0 Å². The summed E-state index contributed by atoms with van der Waals surface area (Å²) in [6, 6.07) is 2.78. The van der Waals surface area contributed by atoms with Gasteiger partial charge in [0.1, 0.15) is 5.82 Å². The Morgan fingerprint density at radius 1 is 1.40 bits per heavy atom. The van der Waals surface area contributed by atoms with Crippen LogP contribution in [-0.2, 0) is 16.6 Å². The van der Waals surface area contributed by atoms with E-state index in [0.29, 0.717) is 36.1 Å². The SMILES string of the molecule is CNCc1cc(S(=O)(=O)NCC2CC2C)cc(C)c1F. The molecule has 0 bridgehead atoms. The minimum Gasteiger partial charge on any atom is -0.316 e. The molecule has 2 atom stereocenters. The van der Waals surface area contributed by atoms with Gasteiger partial charge < -0.3 is 5.32 Å². The Bertz CT molecular complexity index is 601. The molecule has 0 amide bonds. The normalized spacial score (nSPS) is 22.0. The van der Waals surface area contributed by atoms with Crippen LogP contribution in [0.2, 0.25) is 0 Å². The van der Waals surface area contributed by atoms with E-state index in [-0.39, 0.29) is 10.7 Å². The quantitative estimate of drug-likeness (QED) is 0.842. The molecule has 2 rings (SSSR count). The second-order valence-electron chi connectivity index (χ2n) is 5.57. The number of benzene rings is 1. The van der Waals surface area contributed by atoms with Gasteiger partial charge in [-0.05, 0) is 49.9 Å². The van der Waals surface area contributed by atoms with Crippen molar-refractivity contribution in [2.45, 2.75) is 31.7 Å². The second kappa shape index (κ2) is 5.79. The zero-order valence-corrected chi connectivity index (χ0v) is 12.8. The fourth-order valence-electron chi connectivity index (χ4n) is 2.26. The molecule has 1 saturated carbocycles. The van der Waals surface area contributed by atoms with Crippen LogP contribution in [0.4, 0.5) is 4.39 Å². The topological polar surface area (TPSA) is 58.2 Å². The Hall–Kier alpha value is -0.980. The number of halogens is 1. The summed E-state index contributed by atoms with van der Waals surface area (Å²) in [6.07, 6.45) is 1.07. The summed E-state index contributed by atoms with van der Waals surface area (Å²) in [5.41, 5.74) is 0.713. The van der Waals surface area contributed by atoms with Crippen molar-refractivity contribution in [2.75, 3.05) is 13.6 Å². The molecule has 1 aliphatic rings. The second-order valence-corrected chi connectivity index (χ2v) is 7.34. The molecule has 0 aliphatic heterocycles. The van der Waals surface area contributed by atoms with Crippen LogP contribution in [0.5, 0.6) is 0 Å². The van der Waals surface area contributed by atoms with Crippen molar-refractivity contribution in [1.29, 1.82) is 0 Å². The number of nitrogens with one attached hydrogen (secondary N) is 2. The van der Waals surface area contributed by atoms with Gasteiger partial charge in [0.15, 0.2) is 0 Å². The van der Waals surface area contributed by atoms with Crippen LogP contribution in [0, 0.1) is 24.6 Å². The van der Waals surface area contributed by atoms with E-state index in [4.69, 9.17) is 0 Å². The van der Waals surface area contributed by atoms with Crippen LogP contribution in [0.25, 0.3) is 0 Å². The summed E-state index contributed by atoms with van der Waals surface area (Å²) >= 11 is 0. The largest absolute Gasteiger partial charge is 0.316 e. The van der Waals surface area contributed by atoms with Crippen LogP contribution >= 0.6 is 0 Å². The lowest BCUT2D eigenvalue weighted by Crippen LogP contribution is -2.26. The molecule has 6 heteroatoms. The van der Waals surface area contributed by atoms with Crippen molar-refractivity contribution < 1.29 is 12.8 Å². The molecule has 1 aliphatic carbocycles. The fraction of sp³-hybridized carbons (Fsp3) is 0.571. The minimum absolute atomic E-state index is 0.134. The molecule has 4 nitrogen and oxygen atoms in total. The maximum Gasteiger partial charge on any atom is 0.240 e. The highest BCUT2D eigenvalue weighted by atomic mass is 32.2. The summed E-state index contributed by atoms with van der Waals surface area (Å²) in [5.74, 6) is 0.671. The minimum atomic E-state index is -3.56. The van der Waals surface area contributed by atoms with Crippen LogP contribution in [-0.4, -0.2) is 22.0 Å². The lowest BCUT2D eigenvalue weighted by atomic mass is 10.1. The first kappa shape index (κ1) is 15.4. The molecule has 20 heavy (non-hydrogen) atoms. The van der Waals surface area contributed by atoms with Gasteiger partial charge in [-0.1, -0.05) is 6.92 Å². The molecule has 0 radical (unpaired) electrons. The highest BCUT2D eigenvalue weighted by molar-refractivity contribution is 7.89. The Morgan fingerprint density at radius 2 is 2.05 bits per heavy atom. The third-order valence-electron chi connectivity index (χ3n) is 3.79. The number of aryl methyl sites for hydroxylation is 1. The molecule has 1 aromatic rings. The molecule has 1 fully saturated rings. The van der Waals surface area contributed by atoms with Crippen molar-refractivity contribution in [1.82, 2.24) is 10.0 Å². The van der Waals surface area contributed by atoms with Gasteiger partial charge in [-0.25, -0.2) is 17.5 Å². The molecule has 0 heterocycles. The van der Waals surface area contributed by atoms with Crippen molar-refractivity contribution in [3.63, 3.8) is 0 Å². The lowest BCUT2D eigenvalue weighted by molar-refractivity contribution is 0.570. The summed E-state index contributed by atoms with van der Waals surface area (Å²) in [4.78, 5) is 0.134. The first-order chi connectivity index (χ1) is 9.35. The van der Waals surface area contributed by atoms with Gasteiger partial charge in [0.25, 0.3) is 0 Å². The number of sulfonamides is 1. The predicted molar refractivity (Wildman–Crippen MR) is 76.4 cm³/mol. The molecule has 0 saturated heterocycles. The summed E-state index contributed by atoms with van der Waals surface area (Å²) in [7, 11) is -1.87. The number of rotatable bonds is 6. The van der Waals surface area contributed by atoms with E-state index in [1.165, 1.54) is 12.1 Å². The molecular formula is C14H21FN2O2S. The Morgan fingerprint density at radius 3 is 2.60 bits per heavy atom. The highest BCUT2D eigenvalue weighted by Crippen LogP contribution is 2.37. The molecule has 2 N–H and O–H groups in total. The molecule has 0 spiro atoms. The van der Waals surface area contributed by atoms with E-state index in [0.717, 1.165) is 6.42 Å². The Kier molecular flexibility index (Phi) is 4.46. The Labute approximate surface area is 119 Å². The highest BCUT2D eigenvalue weighted by Gasteiger charge is 2.33. The van der Waals surface area contributed by atoms with Gasteiger partial charge in [0, 0.05) is 18.7 Å². The van der Waals surface area contributed by atoms with E-state index in [9.17, 15) is 12.8 Å². The maximum atomic E-state index is 13.9. The molecular weight excluding hydrogens is 279 g/mol. The zero-order valence-electron chi connectivity index (χ0n) is 12.0. The zero-order chi connectivity index (χ0) is 14.9. The van der Waals surface area contributed by atoms with E-state index >= 15 is 0 Å². The van der Waals surface area contributed by atoms with Gasteiger partial charge in [-0.3, -0.25) is 0 Å². The van der Waals surface area contributed by atoms with E-state index < -0.39 is 10.0 Å². The average Bonchev–Trinajstić information content (AvgIpc) is 3.09. The monoisotopic (exact) mass is 300 g/mol. The molecule has 112 valence electrons. The third-order valence-corrected chi connectivity index (χ3v) is 5.20. The van der Waals surface area contributed by atoms with Gasteiger partial charge in [0.2, 0.25) is 10.0 Å². The standard InChI is InChI=1S/C14H21FN2O2S/c1-9-4-11(9)8-17-20(18,19)13-5-10(2)14(15)12(6-13)7-16-3/h5-6,9,11,16-17H,4,7-8H2,1-3H3. The van der Waals surface area contributed by atoms with E-state index in [1.54, 1.807) is 14.0 Å². The maximum absolute atomic E-state index is 13.9. The fourth-order valence-corrected chi connectivity index (χ4v) is 3.49. The average molecular weight is 300 g/mol. The first-order valence-corrected chi connectivity index (χ1v) is 8.26. The van der Waals surface area contributed by atoms with Crippen LogP contribution in [0.3, 0.4) is 0 Å². The molecule has 1 aromatic carbocycles. The summed E-state index contributed by atoms with van der Waals surface area (Å²) in [5, 5.41) is 2.84. The van der Waals surface area contributed by atoms with Crippen LogP contribution in [0.1, 0.15) is 24.5 Å². The lowest BCUT2D eigenvalue weighted by Gasteiger charge is -2.11. The van der Waals surface area contributed by atoms with Crippen molar-refractivity contribution >= 4 is 10.0 Å².